The fourth-order valence-corrected chi connectivity index (χ4v) is 1.40. The second-order valence-electron chi connectivity index (χ2n) is 3.58. The van der Waals surface area contributed by atoms with Crippen LogP contribution in [0.5, 0.6) is 5.75 Å². The Bertz CT molecular complexity index is 547. The first-order chi connectivity index (χ1) is 8.69. The molecule has 7 nitrogen and oxygen atoms in total. The lowest BCUT2D eigenvalue weighted by atomic mass is 10.2. The number of nitrogens with two attached hydrogens (primary N) is 2. The Labute approximate surface area is 127 Å². The molecule has 0 aliphatic rings. The number of aromatic amines is 1. The zero-order chi connectivity index (χ0) is 13.0. The van der Waals surface area contributed by atoms with E-state index in [1.54, 1.807) is 7.11 Å². The van der Waals surface area contributed by atoms with Crippen LogP contribution < -0.4 is 16.2 Å². The van der Waals surface area contributed by atoms with Crippen molar-refractivity contribution in [3.8, 4) is 17.1 Å². The molecule has 0 spiro atoms. The molecule has 1 aromatic carbocycles. The summed E-state index contributed by atoms with van der Waals surface area (Å²) in [6.45, 7) is 0.283. The summed E-state index contributed by atoms with van der Waals surface area (Å²) in [6.07, 6.45) is 0. The minimum Gasteiger partial charge on any atom is -0.497 e. The van der Waals surface area contributed by atoms with Crippen LogP contribution in [0.15, 0.2) is 29.3 Å². The topological polar surface area (TPSA) is 115 Å². The predicted octanol–water partition coefficient (Wildman–Crippen LogP) is 0.872. The number of hydrogen-bond donors (Lipinski definition) is 3. The summed E-state index contributed by atoms with van der Waals surface area (Å²) < 4.78 is 5.08. The number of methoxy groups -OCH3 is 1. The standard InChI is InChI=1S/C11H14N6O.HI/c1-18-8-4-2-7(3-5-8)10-15-9(16-17-10)6-14-11(12)13;/h2-5H,6H2,1H3,(H4,12,13,14)(H,15,16,17);1H. The van der Waals surface area contributed by atoms with Gasteiger partial charge in [0.25, 0.3) is 0 Å². The van der Waals surface area contributed by atoms with Crippen molar-refractivity contribution in [1.29, 1.82) is 0 Å². The minimum atomic E-state index is 0. The van der Waals surface area contributed by atoms with E-state index in [4.69, 9.17) is 16.2 Å². The Kier molecular flexibility index (Phi) is 5.55. The van der Waals surface area contributed by atoms with Gasteiger partial charge in [0.05, 0.1) is 7.11 Å². The molecule has 5 N–H and O–H groups in total. The molecular formula is C11H15IN6O. The van der Waals surface area contributed by atoms with E-state index >= 15 is 0 Å². The second kappa shape index (κ2) is 6.92. The number of rotatable bonds is 4. The number of nitrogens with one attached hydrogen (secondary N) is 1. The summed E-state index contributed by atoms with van der Waals surface area (Å²) in [6, 6.07) is 7.46. The van der Waals surface area contributed by atoms with Gasteiger partial charge < -0.3 is 16.2 Å². The van der Waals surface area contributed by atoms with Gasteiger partial charge in [-0.25, -0.2) is 9.98 Å². The Balaban J connectivity index is 0.00000180. The monoisotopic (exact) mass is 374 g/mol. The maximum absolute atomic E-state index is 5.24. The predicted molar refractivity (Wildman–Crippen MR) is 83.3 cm³/mol. The average molecular weight is 374 g/mol. The van der Waals surface area contributed by atoms with Crippen LogP contribution in [0.3, 0.4) is 0 Å². The molecule has 0 amide bonds. The van der Waals surface area contributed by atoms with Crippen LogP contribution in [0, 0.1) is 0 Å². The maximum atomic E-state index is 5.24. The Hall–Kier alpha value is -1.84. The zero-order valence-corrected chi connectivity index (χ0v) is 12.7. The quantitative estimate of drug-likeness (QED) is 0.417. The van der Waals surface area contributed by atoms with Gasteiger partial charge in [0.1, 0.15) is 18.1 Å². The molecule has 0 saturated heterocycles. The number of halogens is 1. The third-order valence-corrected chi connectivity index (χ3v) is 2.29. The number of nitrogens with zero attached hydrogens (tertiary/aromatic N) is 3. The highest BCUT2D eigenvalue weighted by Crippen LogP contribution is 2.18. The van der Waals surface area contributed by atoms with Crippen LogP contribution in [0.1, 0.15) is 5.82 Å². The molecule has 1 aromatic heterocycles. The van der Waals surface area contributed by atoms with Gasteiger partial charge in [-0.2, -0.15) is 5.10 Å². The summed E-state index contributed by atoms with van der Waals surface area (Å²) in [5.74, 6) is 2.01. The number of aromatic nitrogens is 3. The molecule has 0 radical (unpaired) electrons. The third-order valence-electron chi connectivity index (χ3n) is 2.29. The van der Waals surface area contributed by atoms with Crippen LogP contribution in [-0.2, 0) is 6.54 Å². The van der Waals surface area contributed by atoms with Crippen molar-refractivity contribution in [3.63, 3.8) is 0 Å². The molecule has 2 aromatic rings. The van der Waals surface area contributed by atoms with Gasteiger partial charge in [0, 0.05) is 5.56 Å². The molecule has 0 atom stereocenters. The van der Waals surface area contributed by atoms with Crippen LogP contribution >= 0.6 is 24.0 Å². The first-order valence-electron chi connectivity index (χ1n) is 5.30. The molecule has 102 valence electrons. The molecule has 8 heteroatoms. The van der Waals surface area contributed by atoms with Gasteiger partial charge in [-0.1, -0.05) is 0 Å². The first kappa shape index (κ1) is 15.2. The van der Waals surface area contributed by atoms with E-state index < -0.39 is 0 Å². The molecule has 0 saturated carbocycles. The summed E-state index contributed by atoms with van der Waals surface area (Å²) in [7, 11) is 1.62. The first-order valence-corrected chi connectivity index (χ1v) is 5.30. The van der Waals surface area contributed by atoms with Crippen LogP contribution in [0.2, 0.25) is 0 Å². The molecule has 0 aliphatic carbocycles. The fourth-order valence-electron chi connectivity index (χ4n) is 1.40. The van der Waals surface area contributed by atoms with Crippen molar-refractivity contribution in [2.24, 2.45) is 16.5 Å². The van der Waals surface area contributed by atoms with E-state index in [-0.39, 0.29) is 36.5 Å². The summed E-state index contributed by atoms with van der Waals surface area (Å²) >= 11 is 0. The smallest absolute Gasteiger partial charge is 0.186 e. The number of guanidine groups is 1. The van der Waals surface area contributed by atoms with E-state index in [9.17, 15) is 0 Å². The Morgan fingerprint density at radius 2 is 2.00 bits per heavy atom. The zero-order valence-electron chi connectivity index (χ0n) is 10.3. The van der Waals surface area contributed by atoms with Crippen molar-refractivity contribution in [2.45, 2.75) is 6.54 Å². The summed E-state index contributed by atoms with van der Waals surface area (Å²) in [4.78, 5) is 8.13. The van der Waals surface area contributed by atoms with E-state index in [0.717, 1.165) is 11.3 Å². The molecule has 0 unspecified atom stereocenters. The largest absolute Gasteiger partial charge is 0.497 e. The molecule has 0 fully saturated rings. The third kappa shape index (κ3) is 4.09. The van der Waals surface area contributed by atoms with Crippen molar-refractivity contribution in [3.05, 3.63) is 30.1 Å². The molecule has 1 heterocycles. The van der Waals surface area contributed by atoms with Gasteiger partial charge in [-0.15, -0.1) is 24.0 Å². The SMILES string of the molecule is COc1ccc(-c2n[nH]c(CN=C(N)N)n2)cc1.I. The normalized spacial score (nSPS) is 9.53. The van der Waals surface area contributed by atoms with E-state index in [2.05, 4.69) is 20.2 Å². The van der Waals surface area contributed by atoms with Crippen LogP contribution in [0.4, 0.5) is 0 Å². The Morgan fingerprint density at radius 1 is 1.32 bits per heavy atom. The van der Waals surface area contributed by atoms with Gasteiger partial charge in [-0.05, 0) is 24.3 Å². The van der Waals surface area contributed by atoms with Gasteiger partial charge in [-0.3, -0.25) is 5.10 Å². The molecule has 0 aliphatic heterocycles. The molecule has 0 bridgehead atoms. The summed E-state index contributed by atoms with van der Waals surface area (Å²) in [5, 5.41) is 6.87. The van der Waals surface area contributed by atoms with Crippen molar-refractivity contribution < 1.29 is 4.74 Å². The lowest BCUT2D eigenvalue weighted by Crippen LogP contribution is -2.22. The van der Waals surface area contributed by atoms with Crippen molar-refractivity contribution in [1.82, 2.24) is 15.2 Å². The number of H-pyrrole nitrogens is 1. The maximum Gasteiger partial charge on any atom is 0.186 e. The lowest BCUT2D eigenvalue weighted by Gasteiger charge is -1.99. The van der Waals surface area contributed by atoms with E-state index in [1.807, 2.05) is 24.3 Å². The number of ether oxygens (including phenoxy) is 1. The highest BCUT2D eigenvalue weighted by Gasteiger charge is 2.05. The summed E-state index contributed by atoms with van der Waals surface area (Å²) in [5.41, 5.74) is 11.4. The number of benzene rings is 1. The van der Waals surface area contributed by atoms with Gasteiger partial charge in [0.2, 0.25) is 0 Å². The number of aliphatic imine (C=N–C) groups is 1. The molecular weight excluding hydrogens is 359 g/mol. The highest BCUT2D eigenvalue weighted by atomic mass is 127. The lowest BCUT2D eigenvalue weighted by molar-refractivity contribution is 0.415. The van der Waals surface area contributed by atoms with E-state index in [1.165, 1.54) is 0 Å². The van der Waals surface area contributed by atoms with Gasteiger partial charge in [0.15, 0.2) is 11.8 Å². The Morgan fingerprint density at radius 3 is 2.58 bits per heavy atom. The fraction of sp³-hybridized carbons (Fsp3) is 0.182. The van der Waals surface area contributed by atoms with Crippen LogP contribution in [0.25, 0.3) is 11.4 Å². The van der Waals surface area contributed by atoms with Crippen molar-refractivity contribution >= 4 is 29.9 Å². The average Bonchev–Trinajstić information content (AvgIpc) is 2.85. The van der Waals surface area contributed by atoms with Crippen molar-refractivity contribution in [2.75, 3.05) is 7.11 Å². The van der Waals surface area contributed by atoms with Crippen LogP contribution in [-0.4, -0.2) is 28.3 Å². The molecule has 19 heavy (non-hydrogen) atoms. The number of hydrogen-bond acceptors (Lipinski definition) is 4. The highest BCUT2D eigenvalue weighted by molar-refractivity contribution is 14.0. The van der Waals surface area contributed by atoms with E-state index in [0.29, 0.717) is 11.6 Å². The van der Waals surface area contributed by atoms with Gasteiger partial charge >= 0.3 is 0 Å². The molecule has 2 rings (SSSR count). The second-order valence-corrected chi connectivity index (χ2v) is 3.58. The minimum absolute atomic E-state index is 0.